The summed E-state index contributed by atoms with van der Waals surface area (Å²) in [6.07, 6.45) is 1.55. The lowest BCUT2D eigenvalue weighted by molar-refractivity contribution is -0.110. The number of ether oxygens (including phenoxy) is 1. The monoisotopic (exact) mass is 373 g/mol. The standard InChI is InChI=1S/C25H27NO2/c1-24(2,3)16-10-12-17(13-11-16)26-21-18-8-6-7-9-19(18)23-20(22(21)27)14-15-25(4,5)28-23/h6-13H,14-15H2,1-5H3. The number of benzene rings is 2. The Morgan fingerprint density at radius 1 is 0.964 bits per heavy atom. The number of carbonyl (C=O) groups is 1. The molecule has 3 nitrogen and oxygen atoms in total. The highest BCUT2D eigenvalue weighted by Gasteiger charge is 2.38. The van der Waals surface area contributed by atoms with Crippen molar-refractivity contribution < 1.29 is 9.53 Å². The van der Waals surface area contributed by atoms with Gasteiger partial charge < -0.3 is 4.74 Å². The summed E-state index contributed by atoms with van der Waals surface area (Å²) in [6, 6.07) is 16.1. The van der Waals surface area contributed by atoms with E-state index in [-0.39, 0.29) is 16.8 Å². The number of hydrogen-bond acceptors (Lipinski definition) is 3. The molecule has 0 saturated carbocycles. The minimum Gasteiger partial charge on any atom is -0.487 e. The summed E-state index contributed by atoms with van der Waals surface area (Å²) < 4.78 is 6.23. The highest BCUT2D eigenvalue weighted by atomic mass is 16.5. The van der Waals surface area contributed by atoms with Gasteiger partial charge in [-0.15, -0.1) is 0 Å². The largest absolute Gasteiger partial charge is 0.487 e. The maximum absolute atomic E-state index is 13.3. The molecular formula is C25H27NO2. The molecule has 0 bridgehead atoms. The van der Waals surface area contributed by atoms with Crippen molar-refractivity contribution in [3.63, 3.8) is 0 Å². The van der Waals surface area contributed by atoms with E-state index in [2.05, 4.69) is 46.8 Å². The van der Waals surface area contributed by atoms with Gasteiger partial charge in [0, 0.05) is 16.7 Å². The first kappa shape index (κ1) is 18.7. The number of ketones is 1. The maximum atomic E-state index is 13.3. The Morgan fingerprint density at radius 2 is 1.61 bits per heavy atom. The number of nitrogens with zero attached hydrogens (tertiary/aromatic N) is 1. The van der Waals surface area contributed by atoms with Crippen LogP contribution in [0.4, 0.5) is 5.69 Å². The summed E-state index contributed by atoms with van der Waals surface area (Å²) in [5.74, 6) is 0.725. The normalized spacial score (nSPS) is 19.9. The molecular weight excluding hydrogens is 346 g/mol. The molecule has 0 atom stereocenters. The number of rotatable bonds is 1. The van der Waals surface area contributed by atoms with Gasteiger partial charge >= 0.3 is 0 Å². The van der Waals surface area contributed by atoms with Crippen LogP contribution in [0.25, 0.3) is 5.76 Å². The zero-order valence-electron chi connectivity index (χ0n) is 17.3. The fourth-order valence-electron chi connectivity index (χ4n) is 3.79. The molecule has 0 N–H and O–H groups in total. The zero-order valence-corrected chi connectivity index (χ0v) is 17.3. The maximum Gasteiger partial charge on any atom is 0.211 e. The Kier molecular flexibility index (Phi) is 4.29. The third kappa shape index (κ3) is 3.30. The van der Waals surface area contributed by atoms with Crippen molar-refractivity contribution in [2.24, 2.45) is 4.99 Å². The molecule has 0 fully saturated rings. The van der Waals surface area contributed by atoms with E-state index in [0.29, 0.717) is 5.71 Å². The van der Waals surface area contributed by atoms with Gasteiger partial charge in [-0.3, -0.25) is 4.79 Å². The second-order valence-corrected chi connectivity index (χ2v) is 9.30. The number of aliphatic imine (C=N–C) groups is 1. The SMILES string of the molecule is CC1(C)CCC2=C(O1)c1ccccc1C(=Nc1ccc(C(C)(C)C)cc1)C2=O. The zero-order chi connectivity index (χ0) is 20.1. The van der Waals surface area contributed by atoms with Crippen LogP contribution in [0.5, 0.6) is 0 Å². The van der Waals surface area contributed by atoms with Crippen LogP contribution in [0.15, 0.2) is 59.1 Å². The third-order valence-electron chi connectivity index (χ3n) is 5.52. The lowest BCUT2D eigenvalue weighted by Crippen LogP contribution is -2.34. The molecule has 0 unspecified atom stereocenters. The lowest BCUT2D eigenvalue weighted by atomic mass is 9.82. The quantitative estimate of drug-likeness (QED) is 0.616. The first-order valence-corrected chi connectivity index (χ1v) is 9.92. The lowest BCUT2D eigenvalue weighted by Gasteiger charge is -2.36. The summed E-state index contributed by atoms with van der Waals surface area (Å²) >= 11 is 0. The molecule has 0 amide bonds. The molecule has 0 aromatic heterocycles. The highest BCUT2D eigenvalue weighted by molar-refractivity contribution is 6.54. The molecule has 28 heavy (non-hydrogen) atoms. The number of fused-ring (bicyclic) bond motifs is 2. The van der Waals surface area contributed by atoms with Crippen LogP contribution in [0, 0.1) is 0 Å². The first-order chi connectivity index (χ1) is 13.2. The third-order valence-corrected chi connectivity index (χ3v) is 5.52. The van der Waals surface area contributed by atoms with Gasteiger partial charge in [-0.05, 0) is 49.8 Å². The van der Waals surface area contributed by atoms with Crippen molar-refractivity contribution in [1.29, 1.82) is 0 Å². The molecule has 2 aromatic rings. The van der Waals surface area contributed by atoms with Crippen molar-refractivity contribution >= 4 is 22.9 Å². The number of hydrogen-bond donors (Lipinski definition) is 0. The van der Waals surface area contributed by atoms with Crippen LogP contribution >= 0.6 is 0 Å². The molecule has 4 rings (SSSR count). The van der Waals surface area contributed by atoms with Crippen LogP contribution in [-0.4, -0.2) is 17.1 Å². The van der Waals surface area contributed by atoms with Crippen LogP contribution in [0.3, 0.4) is 0 Å². The summed E-state index contributed by atoms with van der Waals surface area (Å²) in [5.41, 5.74) is 4.96. The predicted molar refractivity (Wildman–Crippen MR) is 114 cm³/mol. The highest BCUT2D eigenvalue weighted by Crippen LogP contribution is 2.41. The van der Waals surface area contributed by atoms with Gasteiger partial charge in [0.2, 0.25) is 5.78 Å². The predicted octanol–water partition coefficient (Wildman–Crippen LogP) is 5.99. The van der Waals surface area contributed by atoms with E-state index in [4.69, 9.17) is 9.73 Å². The average molecular weight is 373 g/mol. The average Bonchev–Trinajstić information content (AvgIpc) is 2.64. The molecule has 2 aromatic carbocycles. The number of Topliss-reactive ketones (excluding diaryl/α,β-unsaturated/α-hetero) is 1. The fourth-order valence-corrected chi connectivity index (χ4v) is 3.79. The molecule has 1 aliphatic heterocycles. The van der Waals surface area contributed by atoms with Gasteiger partial charge in [-0.25, -0.2) is 4.99 Å². The summed E-state index contributed by atoms with van der Waals surface area (Å²) in [4.78, 5) is 18.1. The van der Waals surface area contributed by atoms with E-state index in [9.17, 15) is 4.79 Å². The Bertz CT molecular complexity index is 1000. The smallest absolute Gasteiger partial charge is 0.211 e. The minimum absolute atomic E-state index is 0.0101. The van der Waals surface area contributed by atoms with Gasteiger partial charge in [0.25, 0.3) is 0 Å². The van der Waals surface area contributed by atoms with Crippen LogP contribution < -0.4 is 0 Å². The van der Waals surface area contributed by atoms with Crippen LogP contribution in [0.2, 0.25) is 0 Å². The van der Waals surface area contributed by atoms with E-state index in [1.54, 1.807) is 0 Å². The van der Waals surface area contributed by atoms with Gasteiger partial charge in [0.1, 0.15) is 17.1 Å². The van der Waals surface area contributed by atoms with Gasteiger partial charge in [-0.2, -0.15) is 0 Å². The van der Waals surface area contributed by atoms with Crippen molar-refractivity contribution in [2.75, 3.05) is 0 Å². The minimum atomic E-state index is -0.260. The van der Waals surface area contributed by atoms with Gasteiger partial charge in [0.15, 0.2) is 0 Å². The van der Waals surface area contributed by atoms with Crippen molar-refractivity contribution in [1.82, 2.24) is 0 Å². The van der Waals surface area contributed by atoms with E-state index in [1.807, 2.05) is 36.4 Å². The topological polar surface area (TPSA) is 38.7 Å². The molecule has 1 aliphatic carbocycles. The fraction of sp³-hybridized carbons (Fsp3) is 0.360. The first-order valence-electron chi connectivity index (χ1n) is 9.92. The molecule has 0 spiro atoms. The molecule has 2 aliphatic rings. The summed E-state index contributed by atoms with van der Waals surface area (Å²) in [6.45, 7) is 10.7. The van der Waals surface area contributed by atoms with E-state index in [0.717, 1.165) is 41.0 Å². The summed E-state index contributed by atoms with van der Waals surface area (Å²) in [5, 5.41) is 0. The molecule has 1 heterocycles. The summed E-state index contributed by atoms with van der Waals surface area (Å²) in [7, 11) is 0. The van der Waals surface area contributed by atoms with Crippen LogP contribution in [-0.2, 0) is 14.9 Å². The van der Waals surface area contributed by atoms with Crippen molar-refractivity contribution in [3.8, 4) is 0 Å². The molecule has 0 radical (unpaired) electrons. The molecule has 0 saturated heterocycles. The Hall–Kier alpha value is -2.68. The number of carbonyl (C=O) groups excluding carboxylic acids is 1. The number of allylic oxidation sites excluding steroid dienone is 1. The van der Waals surface area contributed by atoms with E-state index in [1.165, 1.54) is 5.56 Å². The molecule has 3 heteroatoms. The van der Waals surface area contributed by atoms with E-state index < -0.39 is 0 Å². The van der Waals surface area contributed by atoms with E-state index >= 15 is 0 Å². The Labute approximate surface area is 167 Å². The van der Waals surface area contributed by atoms with Crippen LogP contribution in [0.1, 0.15) is 64.2 Å². The Balaban J connectivity index is 1.80. The Morgan fingerprint density at radius 3 is 2.25 bits per heavy atom. The van der Waals surface area contributed by atoms with Gasteiger partial charge in [-0.1, -0.05) is 57.2 Å². The second kappa shape index (κ2) is 6.44. The van der Waals surface area contributed by atoms with Crippen molar-refractivity contribution in [3.05, 3.63) is 70.8 Å². The van der Waals surface area contributed by atoms with Gasteiger partial charge in [0.05, 0.1) is 5.69 Å². The van der Waals surface area contributed by atoms with Crippen molar-refractivity contribution in [2.45, 2.75) is 58.5 Å². The second-order valence-electron chi connectivity index (χ2n) is 9.30. The molecule has 144 valence electrons.